The van der Waals surface area contributed by atoms with E-state index in [0.29, 0.717) is 23.9 Å². The molecule has 0 aliphatic carbocycles. The van der Waals surface area contributed by atoms with E-state index >= 15 is 0 Å². The van der Waals surface area contributed by atoms with E-state index in [1.165, 1.54) is 25.7 Å². The quantitative estimate of drug-likeness (QED) is 0.0215. The first-order valence-electron chi connectivity index (χ1n) is 22.4. The average molecular weight is 825 g/mol. The summed E-state index contributed by atoms with van der Waals surface area (Å²) in [7, 11) is 5.92. The molecule has 0 aromatic rings. The summed E-state index contributed by atoms with van der Waals surface area (Å²) in [6.45, 7) is 4.51. The van der Waals surface area contributed by atoms with E-state index in [0.717, 1.165) is 77.0 Å². The summed E-state index contributed by atoms with van der Waals surface area (Å²) in [5.41, 5.74) is 0. The molecular formula is C50H82NO8+. The zero-order valence-corrected chi connectivity index (χ0v) is 37.6. The molecule has 0 heterocycles. The number of nitrogens with zero attached hydrogens (tertiary/aromatic N) is 1. The van der Waals surface area contributed by atoms with Crippen molar-refractivity contribution < 1.29 is 42.9 Å². The summed E-state index contributed by atoms with van der Waals surface area (Å²) in [6.07, 6.45) is 50.6. The van der Waals surface area contributed by atoms with Crippen LogP contribution in [0.5, 0.6) is 0 Å². The number of quaternary nitrogens is 1. The number of carbonyl (C=O) groups excluding carboxylic acids is 2. The van der Waals surface area contributed by atoms with Crippen molar-refractivity contribution in [1.29, 1.82) is 0 Å². The van der Waals surface area contributed by atoms with Crippen LogP contribution >= 0.6 is 0 Å². The van der Waals surface area contributed by atoms with E-state index in [1.54, 1.807) is 0 Å². The van der Waals surface area contributed by atoms with Crippen LogP contribution in [0.1, 0.15) is 142 Å². The maximum atomic E-state index is 12.8. The van der Waals surface area contributed by atoms with Gasteiger partial charge in [-0.25, -0.2) is 4.79 Å². The number of esters is 2. The molecule has 334 valence electrons. The molecule has 0 aliphatic heterocycles. The average Bonchev–Trinajstić information content (AvgIpc) is 3.19. The number of ether oxygens (including phenoxy) is 4. The van der Waals surface area contributed by atoms with Crippen LogP contribution in [0.3, 0.4) is 0 Å². The van der Waals surface area contributed by atoms with Crippen LogP contribution in [0.4, 0.5) is 0 Å². The van der Waals surface area contributed by atoms with Gasteiger partial charge in [-0.15, -0.1) is 0 Å². The molecule has 0 rings (SSSR count). The van der Waals surface area contributed by atoms with Crippen molar-refractivity contribution in [1.82, 2.24) is 0 Å². The number of carboxylic acid groups (broad SMARTS) is 1. The molecule has 0 saturated carbocycles. The van der Waals surface area contributed by atoms with Crippen LogP contribution in [0.2, 0.25) is 0 Å². The lowest BCUT2D eigenvalue weighted by Crippen LogP contribution is -2.40. The monoisotopic (exact) mass is 825 g/mol. The lowest BCUT2D eigenvalue weighted by atomic mass is 10.1. The van der Waals surface area contributed by atoms with Crippen LogP contribution in [-0.4, -0.2) is 87.4 Å². The number of hydrogen-bond donors (Lipinski definition) is 1. The van der Waals surface area contributed by atoms with Gasteiger partial charge in [0.05, 0.1) is 34.4 Å². The predicted molar refractivity (Wildman–Crippen MR) is 244 cm³/mol. The molecule has 9 heteroatoms. The fourth-order valence-corrected chi connectivity index (χ4v) is 5.43. The Labute approximate surface area is 359 Å². The normalized spacial score (nSPS) is 13.8. The van der Waals surface area contributed by atoms with Crippen molar-refractivity contribution >= 4 is 17.9 Å². The van der Waals surface area contributed by atoms with Gasteiger partial charge in [-0.05, 0) is 77.0 Å². The second-order valence-electron chi connectivity index (χ2n) is 15.6. The van der Waals surface area contributed by atoms with Crippen LogP contribution < -0.4 is 0 Å². The molecule has 0 radical (unpaired) electrons. The lowest BCUT2D eigenvalue weighted by Gasteiger charge is -2.25. The maximum Gasteiger partial charge on any atom is 0.361 e. The van der Waals surface area contributed by atoms with Crippen molar-refractivity contribution in [3.8, 4) is 0 Å². The van der Waals surface area contributed by atoms with Gasteiger partial charge in [-0.1, -0.05) is 150 Å². The van der Waals surface area contributed by atoms with E-state index < -0.39 is 30.3 Å². The number of carboxylic acids is 1. The van der Waals surface area contributed by atoms with Crippen molar-refractivity contribution in [3.63, 3.8) is 0 Å². The van der Waals surface area contributed by atoms with Crippen molar-refractivity contribution in [2.45, 2.75) is 155 Å². The minimum atomic E-state index is -1.53. The number of carbonyl (C=O) groups is 3. The first-order valence-corrected chi connectivity index (χ1v) is 22.4. The first-order chi connectivity index (χ1) is 28.6. The Morgan fingerprint density at radius 1 is 0.508 bits per heavy atom. The SMILES string of the molecule is CC/C=C\C/C=C\C/C=C\C/C=C\CCCCCCCCCCC(=O)OC(COC(=O)CC/C=C\C/C=C\C/C=C\C/C=C\CC)COC(OCC[N+](C)(C)C)C(=O)O. The number of likely N-dealkylation sites (N-methyl/N-ethyl adjacent to an activating group) is 1. The van der Waals surface area contributed by atoms with Crippen LogP contribution in [-0.2, 0) is 33.3 Å². The minimum absolute atomic E-state index is 0.170. The molecule has 2 atom stereocenters. The van der Waals surface area contributed by atoms with Gasteiger partial charge in [0.15, 0.2) is 6.10 Å². The van der Waals surface area contributed by atoms with Gasteiger partial charge in [0.25, 0.3) is 6.29 Å². The van der Waals surface area contributed by atoms with Gasteiger partial charge >= 0.3 is 17.9 Å². The molecule has 0 spiro atoms. The summed E-state index contributed by atoms with van der Waals surface area (Å²) in [5.74, 6) is -2.14. The van der Waals surface area contributed by atoms with Crippen molar-refractivity contribution in [2.24, 2.45) is 0 Å². The summed E-state index contributed by atoms with van der Waals surface area (Å²) >= 11 is 0. The highest BCUT2D eigenvalue weighted by atomic mass is 16.7. The fourth-order valence-electron chi connectivity index (χ4n) is 5.43. The van der Waals surface area contributed by atoms with Gasteiger partial charge in [0.1, 0.15) is 13.2 Å². The summed E-state index contributed by atoms with van der Waals surface area (Å²) in [4.78, 5) is 37.1. The van der Waals surface area contributed by atoms with Crippen LogP contribution in [0.15, 0.2) is 97.2 Å². The molecule has 0 fully saturated rings. The van der Waals surface area contributed by atoms with Crippen LogP contribution in [0.25, 0.3) is 0 Å². The standard InChI is InChI=1S/C50H81NO8/c1-6-8-10-12-14-16-18-20-21-22-23-24-25-26-27-29-31-33-35-37-39-41-48(53)59-46(45-58-50(49(54)55)56-43-42-51(3,4)5)44-57-47(52)40-38-36-34-32-30-28-19-17-15-13-11-9-7-2/h8-11,14-17,20-21,23-24,28,30,34,36,46,50H,6-7,12-13,18-19,22,25-27,29,31-33,35,37-45H2,1-5H3/p+1/b10-8-,11-9-,16-14-,17-15-,21-20-,24-23-,30-28-,36-34-. The molecular weight excluding hydrogens is 743 g/mol. The smallest absolute Gasteiger partial charge is 0.361 e. The summed E-state index contributed by atoms with van der Waals surface area (Å²) < 4.78 is 22.6. The van der Waals surface area contributed by atoms with Gasteiger partial charge in [0, 0.05) is 12.8 Å². The topological polar surface area (TPSA) is 108 Å². The van der Waals surface area contributed by atoms with E-state index in [2.05, 4.69) is 98.9 Å². The number of allylic oxidation sites excluding steroid dienone is 16. The second-order valence-corrected chi connectivity index (χ2v) is 15.6. The zero-order valence-electron chi connectivity index (χ0n) is 37.6. The molecule has 0 aliphatic rings. The largest absolute Gasteiger partial charge is 0.477 e. The second kappa shape index (κ2) is 41.0. The van der Waals surface area contributed by atoms with Gasteiger partial charge in [-0.3, -0.25) is 9.59 Å². The molecule has 0 saturated heterocycles. The number of aliphatic carboxylic acids is 1. The van der Waals surface area contributed by atoms with Gasteiger partial charge < -0.3 is 28.5 Å². The lowest BCUT2D eigenvalue weighted by molar-refractivity contribution is -0.870. The van der Waals surface area contributed by atoms with Crippen molar-refractivity contribution in [2.75, 3.05) is 47.5 Å². The number of rotatable bonds is 39. The third-order valence-electron chi connectivity index (χ3n) is 8.85. The predicted octanol–water partition coefficient (Wildman–Crippen LogP) is 11.9. The summed E-state index contributed by atoms with van der Waals surface area (Å²) in [5, 5.41) is 9.63. The Hall–Kier alpha value is -3.79. The molecule has 0 aromatic carbocycles. The van der Waals surface area contributed by atoms with E-state index in [4.69, 9.17) is 18.9 Å². The Bertz CT molecular complexity index is 1280. The Kier molecular flexibility index (Phi) is 38.3. The third kappa shape index (κ3) is 42.1. The van der Waals surface area contributed by atoms with Crippen LogP contribution in [0, 0.1) is 0 Å². The highest BCUT2D eigenvalue weighted by molar-refractivity contribution is 5.71. The van der Waals surface area contributed by atoms with Crippen molar-refractivity contribution in [3.05, 3.63) is 97.2 Å². The molecule has 59 heavy (non-hydrogen) atoms. The number of hydrogen-bond acceptors (Lipinski definition) is 7. The Morgan fingerprint density at radius 3 is 1.42 bits per heavy atom. The zero-order chi connectivity index (χ0) is 43.5. The highest BCUT2D eigenvalue weighted by Crippen LogP contribution is 2.13. The highest BCUT2D eigenvalue weighted by Gasteiger charge is 2.25. The summed E-state index contributed by atoms with van der Waals surface area (Å²) in [6, 6.07) is 0. The Morgan fingerprint density at radius 2 is 0.949 bits per heavy atom. The molecule has 9 nitrogen and oxygen atoms in total. The van der Waals surface area contributed by atoms with E-state index in [1.807, 2.05) is 33.3 Å². The fraction of sp³-hybridized carbons (Fsp3) is 0.620. The molecule has 1 N–H and O–H groups in total. The van der Waals surface area contributed by atoms with Gasteiger partial charge in [0.2, 0.25) is 0 Å². The maximum absolute atomic E-state index is 12.8. The van der Waals surface area contributed by atoms with Gasteiger partial charge in [-0.2, -0.15) is 0 Å². The molecule has 0 bridgehead atoms. The number of unbranched alkanes of at least 4 members (excludes halogenated alkanes) is 8. The molecule has 2 unspecified atom stereocenters. The van der Waals surface area contributed by atoms with E-state index in [-0.39, 0.29) is 32.7 Å². The van der Waals surface area contributed by atoms with E-state index in [9.17, 15) is 19.5 Å². The minimum Gasteiger partial charge on any atom is -0.477 e. The third-order valence-corrected chi connectivity index (χ3v) is 8.85. The molecule has 0 amide bonds. The Balaban J connectivity index is 4.51. The molecule has 0 aromatic heterocycles. The first kappa shape index (κ1) is 55.2.